The molecule has 3 heteroatoms. The van der Waals surface area contributed by atoms with Gasteiger partial charge in [-0.05, 0) is 33.3 Å². The molecule has 1 aromatic rings. The second-order valence-electron chi connectivity index (χ2n) is 4.97. The van der Waals surface area contributed by atoms with Crippen molar-refractivity contribution >= 4 is 5.97 Å². The fourth-order valence-electron chi connectivity index (χ4n) is 1.82. The molecule has 2 rings (SSSR count). The van der Waals surface area contributed by atoms with Crippen molar-refractivity contribution in [2.24, 2.45) is 0 Å². The Morgan fingerprint density at radius 3 is 2.47 bits per heavy atom. The molecule has 0 radical (unpaired) electrons. The lowest BCUT2D eigenvalue weighted by molar-refractivity contribution is -0.153. The molecule has 0 amide bonds. The van der Waals surface area contributed by atoms with Crippen LogP contribution in [0.15, 0.2) is 24.3 Å². The summed E-state index contributed by atoms with van der Waals surface area (Å²) in [6.45, 7) is 7.49. The highest BCUT2D eigenvalue weighted by molar-refractivity contribution is 5.83. The van der Waals surface area contributed by atoms with Crippen molar-refractivity contribution in [2.75, 3.05) is 0 Å². The highest BCUT2D eigenvalue weighted by Crippen LogP contribution is 2.50. The molecule has 17 heavy (non-hydrogen) atoms. The topological polar surface area (TPSA) is 38.8 Å². The Morgan fingerprint density at radius 2 is 1.94 bits per heavy atom. The first-order chi connectivity index (χ1) is 7.93. The van der Waals surface area contributed by atoms with E-state index >= 15 is 0 Å². The lowest BCUT2D eigenvalue weighted by Crippen LogP contribution is -2.26. The molecule has 0 N–H and O–H groups in total. The number of benzene rings is 1. The minimum Gasteiger partial charge on any atom is -0.461 e. The van der Waals surface area contributed by atoms with Gasteiger partial charge >= 0.3 is 5.97 Å². The van der Waals surface area contributed by atoms with Gasteiger partial charge in [0.2, 0.25) is 0 Å². The Labute approximate surface area is 102 Å². The summed E-state index contributed by atoms with van der Waals surface area (Å²) >= 11 is 0. The van der Waals surface area contributed by atoms with Crippen molar-refractivity contribution in [1.29, 1.82) is 0 Å². The van der Waals surface area contributed by atoms with Gasteiger partial charge in [0.25, 0.3) is 0 Å². The first-order valence-corrected chi connectivity index (χ1v) is 5.89. The van der Waals surface area contributed by atoms with Gasteiger partial charge in [0.15, 0.2) is 5.60 Å². The van der Waals surface area contributed by atoms with Crippen molar-refractivity contribution in [3.63, 3.8) is 0 Å². The maximum atomic E-state index is 11.8. The first kappa shape index (κ1) is 12.1. The van der Waals surface area contributed by atoms with Gasteiger partial charge in [-0.15, -0.1) is 0 Å². The van der Waals surface area contributed by atoms with Crippen molar-refractivity contribution < 1.29 is 14.3 Å². The van der Waals surface area contributed by atoms with Gasteiger partial charge in [-0.25, -0.2) is 4.79 Å². The van der Waals surface area contributed by atoms with Crippen molar-refractivity contribution in [3.8, 4) is 0 Å². The van der Waals surface area contributed by atoms with Crippen LogP contribution in [0, 0.1) is 6.92 Å². The van der Waals surface area contributed by atoms with Crippen molar-refractivity contribution in [3.05, 3.63) is 35.4 Å². The lowest BCUT2D eigenvalue weighted by atomic mass is 10.0. The number of carbonyl (C=O) groups excluding carboxylic acids is 1. The monoisotopic (exact) mass is 234 g/mol. The smallest absolute Gasteiger partial charge is 0.341 e. The predicted octanol–water partition coefficient (Wildman–Crippen LogP) is 2.78. The van der Waals surface area contributed by atoms with E-state index in [0.717, 1.165) is 5.56 Å². The van der Waals surface area contributed by atoms with E-state index < -0.39 is 5.60 Å². The summed E-state index contributed by atoms with van der Waals surface area (Å²) in [6.07, 6.45) is -0.281. The molecule has 1 aliphatic rings. The highest BCUT2D eigenvalue weighted by atomic mass is 16.7. The van der Waals surface area contributed by atoms with Crippen LogP contribution in [0.3, 0.4) is 0 Å². The summed E-state index contributed by atoms with van der Waals surface area (Å²) in [6, 6.07) is 8.03. The fourth-order valence-corrected chi connectivity index (χ4v) is 1.82. The molecule has 0 aliphatic carbocycles. The summed E-state index contributed by atoms with van der Waals surface area (Å²) in [7, 11) is 0. The number of carbonyl (C=O) groups is 1. The third-order valence-corrected chi connectivity index (χ3v) is 2.93. The number of hydrogen-bond donors (Lipinski definition) is 0. The van der Waals surface area contributed by atoms with Gasteiger partial charge < -0.3 is 9.47 Å². The average Bonchev–Trinajstić information content (AvgIpc) is 2.92. The first-order valence-electron chi connectivity index (χ1n) is 5.89. The Bertz CT molecular complexity index is 422. The minimum absolute atomic E-state index is 0.109. The maximum absolute atomic E-state index is 11.8. The van der Waals surface area contributed by atoms with E-state index in [2.05, 4.69) is 0 Å². The van der Waals surface area contributed by atoms with Gasteiger partial charge in [0.05, 0.1) is 6.10 Å². The third kappa shape index (κ3) is 2.34. The van der Waals surface area contributed by atoms with E-state index in [1.807, 2.05) is 45.0 Å². The van der Waals surface area contributed by atoms with Crippen LogP contribution in [0.2, 0.25) is 0 Å². The van der Waals surface area contributed by atoms with Crippen molar-refractivity contribution in [2.45, 2.75) is 45.5 Å². The van der Waals surface area contributed by atoms with Crippen LogP contribution >= 0.6 is 0 Å². The Balaban J connectivity index is 2.08. The van der Waals surface area contributed by atoms with Gasteiger partial charge in [-0.2, -0.15) is 0 Å². The molecule has 0 spiro atoms. The minimum atomic E-state index is -0.806. The molecule has 3 nitrogen and oxygen atoms in total. The molecule has 0 saturated carbocycles. The highest BCUT2D eigenvalue weighted by Gasteiger charge is 2.60. The zero-order valence-electron chi connectivity index (χ0n) is 10.7. The predicted molar refractivity (Wildman–Crippen MR) is 64.6 cm³/mol. The number of aryl methyl sites for hydroxylation is 1. The largest absolute Gasteiger partial charge is 0.461 e. The number of ether oxygens (including phenoxy) is 2. The average molecular weight is 234 g/mol. The van der Waals surface area contributed by atoms with E-state index in [-0.39, 0.29) is 18.2 Å². The molecule has 2 unspecified atom stereocenters. The molecule has 0 bridgehead atoms. The normalized spacial score (nSPS) is 27.0. The molecule has 1 aliphatic heterocycles. The van der Waals surface area contributed by atoms with Crippen LogP contribution in [-0.4, -0.2) is 17.7 Å². The quantitative estimate of drug-likeness (QED) is 0.596. The zero-order chi connectivity index (χ0) is 12.6. The van der Waals surface area contributed by atoms with Gasteiger partial charge in [-0.1, -0.05) is 29.8 Å². The molecule has 1 aromatic carbocycles. The van der Waals surface area contributed by atoms with Crippen LogP contribution in [0.5, 0.6) is 0 Å². The number of epoxide rings is 1. The van der Waals surface area contributed by atoms with Crippen LogP contribution in [0.4, 0.5) is 0 Å². The second-order valence-corrected chi connectivity index (χ2v) is 4.97. The maximum Gasteiger partial charge on any atom is 0.341 e. The summed E-state index contributed by atoms with van der Waals surface area (Å²) in [4.78, 5) is 11.8. The summed E-state index contributed by atoms with van der Waals surface area (Å²) in [5, 5.41) is 0. The van der Waals surface area contributed by atoms with E-state index in [1.165, 1.54) is 5.56 Å². The van der Waals surface area contributed by atoms with E-state index in [0.29, 0.717) is 0 Å². The zero-order valence-corrected chi connectivity index (χ0v) is 10.7. The van der Waals surface area contributed by atoms with Crippen LogP contribution in [0.1, 0.15) is 38.0 Å². The van der Waals surface area contributed by atoms with Crippen LogP contribution < -0.4 is 0 Å². The van der Waals surface area contributed by atoms with Gasteiger partial charge in [0, 0.05) is 0 Å². The third-order valence-electron chi connectivity index (χ3n) is 2.93. The molecule has 2 atom stereocenters. The molecule has 0 aromatic heterocycles. The fraction of sp³-hybridized carbons (Fsp3) is 0.500. The standard InChI is InChI=1S/C14H18O3/c1-9(2)16-13(15)14(4)12(17-14)11-7-5-10(3)6-8-11/h5-9,12H,1-4H3. The van der Waals surface area contributed by atoms with Gasteiger partial charge in [0.1, 0.15) is 6.10 Å². The summed E-state index contributed by atoms with van der Waals surface area (Å²) in [5.41, 5.74) is 1.42. The molecular weight excluding hydrogens is 216 g/mol. The molecule has 92 valence electrons. The Kier molecular flexibility index (Phi) is 2.96. The van der Waals surface area contributed by atoms with Crippen LogP contribution in [-0.2, 0) is 14.3 Å². The van der Waals surface area contributed by atoms with E-state index in [4.69, 9.17) is 9.47 Å². The number of esters is 1. The summed E-state index contributed by atoms with van der Waals surface area (Å²) in [5.74, 6) is -0.280. The van der Waals surface area contributed by atoms with E-state index in [9.17, 15) is 4.79 Å². The van der Waals surface area contributed by atoms with Crippen molar-refractivity contribution in [1.82, 2.24) is 0 Å². The van der Waals surface area contributed by atoms with Crippen LogP contribution in [0.25, 0.3) is 0 Å². The molecule has 1 fully saturated rings. The lowest BCUT2D eigenvalue weighted by Gasteiger charge is -2.10. The Hall–Kier alpha value is -1.35. The molecule has 1 heterocycles. The van der Waals surface area contributed by atoms with E-state index in [1.54, 1.807) is 6.92 Å². The SMILES string of the molecule is Cc1ccc(C2OC2(C)C(=O)OC(C)C)cc1. The number of hydrogen-bond acceptors (Lipinski definition) is 3. The molecular formula is C14H18O3. The molecule has 1 saturated heterocycles. The second kappa shape index (κ2) is 4.15. The number of rotatable bonds is 3. The van der Waals surface area contributed by atoms with Gasteiger partial charge in [-0.3, -0.25) is 0 Å². The summed E-state index contributed by atoms with van der Waals surface area (Å²) < 4.78 is 10.7. The Morgan fingerprint density at radius 1 is 1.35 bits per heavy atom.